The van der Waals surface area contributed by atoms with Crippen LogP contribution in [-0.4, -0.2) is 34.8 Å². The Morgan fingerprint density at radius 3 is 2.88 bits per heavy atom. The molecule has 2 atom stereocenters. The number of anilines is 1. The van der Waals surface area contributed by atoms with E-state index < -0.39 is 0 Å². The highest BCUT2D eigenvalue weighted by molar-refractivity contribution is 5.49. The zero-order chi connectivity index (χ0) is 17.9. The molecule has 2 unspecified atom stereocenters. The molecule has 1 aliphatic heterocycles. The fourth-order valence-corrected chi connectivity index (χ4v) is 3.40. The van der Waals surface area contributed by atoms with Crippen LogP contribution in [0.1, 0.15) is 24.2 Å². The molecule has 0 spiro atoms. The van der Waals surface area contributed by atoms with Gasteiger partial charge in [-0.15, -0.1) is 0 Å². The molecular formula is C19H24N6O. The number of fused-ring (bicyclic) bond motifs is 1. The van der Waals surface area contributed by atoms with Crippen molar-refractivity contribution in [3.63, 3.8) is 0 Å². The number of aromatic nitrogens is 3. The molecule has 1 saturated heterocycles. The minimum Gasteiger partial charge on any atom is -0.497 e. The Morgan fingerprint density at radius 2 is 2.12 bits per heavy atom. The molecule has 0 aliphatic carbocycles. The van der Waals surface area contributed by atoms with E-state index >= 15 is 0 Å². The quantitative estimate of drug-likeness (QED) is 0.631. The smallest absolute Gasteiger partial charge is 0.157 e. The number of nitrogens with one attached hydrogen (secondary N) is 3. The first-order valence-corrected chi connectivity index (χ1v) is 8.98. The zero-order valence-corrected chi connectivity index (χ0v) is 15.1. The molecule has 0 saturated carbocycles. The number of hydrogen-bond donors (Lipinski definition) is 3. The van der Waals surface area contributed by atoms with Crippen molar-refractivity contribution in [2.75, 3.05) is 25.5 Å². The molecular weight excluding hydrogens is 328 g/mol. The van der Waals surface area contributed by atoms with Gasteiger partial charge in [0.05, 0.1) is 19.3 Å². The summed E-state index contributed by atoms with van der Waals surface area (Å²) in [6.45, 7) is 3.85. The Kier molecular flexibility index (Phi) is 4.73. The molecule has 26 heavy (non-hydrogen) atoms. The Hall–Kier alpha value is -2.64. The van der Waals surface area contributed by atoms with Gasteiger partial charge in [0.15, 0.2) is 5.65 Å². The standard InChI is InChI=1S/C19H24N6O/c1-3-15-10-18(25-17(23-15)8-9-22-25)20-11-14-12-21-24-19(14)13-4-6-16(26-2)7-5-13/h4-10,14,19-21,24H,3,11-12H2,1-2H3. The van der Waals surface area contributed by atoms with Crippen molar-refractivity contribution in [1.82, 2.24) is 25.4 Å². The largest absolute Gasteiger partial charge is 0.497 e. The number of rotatable bonds is 6. The van der Waals surface area contributed by atoms with Gasteiger partial charge in [-0.2, -0.15) is 9.61 Å². The van der Waals surface area contributed by atoms with Crippen LogP contribution in [0.15, 0.2) is 42.6 Å². The average molecular weight is 352 g/mol. The molecule has 1 fully saturated rings. The molecule has 1 aliphatic rings. The van der Waals surface area contributed by atoms with Crippen LogP contribution in [0.25, 0.3) is 5.65 Å². The van der Waals surface area contributed by atoms with Crippen molar-refractivity contribution in [3.05, 3.63) is 53.9 Å². The molecule has 3 heterocycles. The molecule has 0 amide bonds. The highest BCUT2D eigenvalue weighted by Crippen LogP contribution is 2.27. The fraction of sp³-hybridized carbons (Fsp3) is 0.368. The highest BCUT2D eigenvalue weighted by atomic mass is 16.5. The normalized spacial score (nSPS) is 19.8. The van der Waals surface area contributed by atoms with E-state index in [-0.39, 0.29) is 6.04 Å². The van der Waals surface area contributed by atoms with Crippen LogP contribution in [0, 0.1) is 5.92 Å². The van der Waals surface area contributed by atoms with Gasteiger partial charge in [-0.25, -0.2) is 10.4 Å². The monoisotopic (exact) mass is 352 g/mol. The predicted octanol–water partition coefficient (Wildman–Crippen LogP) is 2.18. The molecule has 0 bridgehead atoms. The molecule has 3 aromatic rings. The van der Waals surface area contributed by atoms with Gasteiger partial charge >= 0.3 is 0 Å². The molecule has 2 aromatic heterocycles. The van der Waals surface area contributed by atoms with Gasteiger partial charge in [0, 0.05) is 36.8 Å². The van der Waals surface area contributed by atoms with Crippen molar-refractivity contribution < 1.29 is 4.74 Å². The minimum absolute atomic E-state index is 0.244. The van der Waals surface area contributed by atoms with Crippen LogP contribution in [0.2, 0.25) is 0 Å². The molecule has 7 heteroatoms. The van der Waals surface area contributed by atoms with Crippen LogP contribution in [0.4, 0.5) is 5.82 Å². The third kappa shape index (κ3) is 3.23. The Bertz CT molecular complexity index is 875. The van der Waals surface area contributed by atoms with Gasteiger partial charge in [0.2, 0.25) is 0 Å². The number of nitrogens with zero attached hydrogens (tertiary/aromatic N) is 3. The maximum absolute atomic E-state index is 5.26. The second-order valence-corrected chi connectivity index (χ2v) is 6.50. The fourth-order valence-electron chi connectivity index (χ4n) is 3.40. The second kappa shape index (κ2) is 7.31. The summed E-state index contributed by atoms with van der Waals surface area (Å²) in [5, 5.41) is 7.95. The summed E-state index contributed by atoms with van der Waals surface area (Å²) in [6.07, 6.45) is 2.68. The van der Waals surface area contributed by atoms with Crippen molar-refractivity contribution in [2.45, 2.75) is 19.4 Å². The van der Waals surface area contributed by atoms with E-state index in [2.05, 4.69) is 51.4 Å². The Morgan fingerprint density at radius 1 is 1.27 bits per heavy atom. The van der Waals surface area contributed by atoms with Gasteiger partial charge < -0.3 is 10.1 Å². The van der Waals surface area contributed by atoms with E-state index in [1.807, 2.05) is 22.7 Å². The number of hydrogen-bond acceptors (Lipinski definition) is 6. The SMILES string of the molecule is CCc1cc(NCC2CNNC2c2ccc(OC)cc2)n2nccc2n1. The number of ether oxygens (including phenoxy) is 1. The third-order valence-electron chi connectivity index (χ3n) is 4.89. The van der Waals surface area contributed by atoms with Gasteiger partial charge in [-0.3, -0.25) is 5.43 Å². The summed E-state index contributed by atoms with van der Waals surface area (Å²) in [6, 6.07) is 12.5. The average Bonchev–Trinajstić information content (AvgIpc) is 3.35. The molecule has 1 aromatic carbocycles. The number of benzene rings is 1. The predicted molar refractivity (Wildman–Crippen MR) is 101 cm³/mol. The zero-order valence-electron chi connectivity index (χ0n) is 15.1. The van der Waals surface area contributed by atoms with E-state index in [1.54, 1.807) is 13.3 Å². The lowest BCUT2D eigenvalue weighted by Crippen LogP contribution is -2.26. The van der Waals surface area contributed by atoms with Gasteiger partial charge in [0.25, 0.3) is 0 Å². The number of hydrazine groups is 1. The third-order valence-corrected chi connectivity index (χ3v) is 4.89. The lowest BCUT2D eigenvalue weighted by molar-refractivity contribution is 0.414. The number of methoxy groups -OCH3 is 1. The van der Waals surface area contributed by atoms with Crippen LogP contribution < -0.4 is 20.9 Å². The topological polar surface area (TPSA) is 75.5 Å². The Labute approximate surface area is 152 Å². The van der Waals surface area contributed by atoms with E-state index in [0.717, 1.165) is 42.4 Å². The summed E-state index contributed by atoms with van der Waals surface area (Å²) in [5.74, 6) is 2.27. The summed E-state index contributed by atoms with van der Waals surface area (Å²) < 4.78 is 7.11. The summed E-state index contributed by atoms with van der Waals surface area (Å²) in [4.78, 5) is 4.60. The minimum atomic E-state index is 0.244. The van der Waals surface area contributed by atoms with Crippen molar-refractivity contribution >= 4 is 11.5 Å². The lowest BCUT2D eigenvalue weighted by atomic mass is 9.95. The molecule has 7 nitrogen and oxygen atoms in total. The highest BCUT2D eigenvalue weighted by Gasteiger charge is 2.28. The van der Waals surface area contributed by atoms with Crippen LogP contribution >= 0.6 is 0 Å². The van der Waals surface area contributed by atoms with Crippen LogP contribution in [0.5, 0.6) is 5.75 Å². The first-order valence-electron chi connectivity index (χ1n) is 8.98. The first-order chi connectivity index (χ1) is 12.8. The van der Waals surface area contributed by atoms with Gasteiger partial charge in [0.1, 0.15) is 11.6 Å². The second-order valence-electron chi connectivity index (χ2n) is 6.50. The van der Waals surface area contributed by atoms with Gasteiger partial charge in [-0.1, -0.05) is 19.1 Å². The summed E-state index contributed by atoms with van der Waals surface area (Å²) in [5.41, 5.74) is 9.86. The van der Waals surface area contributed by atoms with Crippen molar-refractivity contribution in [1.29, 1.82) is 0 Å². The molecule has 4 rings (SSSR count). The lowest BCUT2D eigenvalue weighted by Gasteiger charge is -2.20. The molecule has 3 N–H and O–H groups in total. The van der Waals surface area contributed by atoms with E-state index in [0.29, 0.717) is 5.92 Å². The molecule has 0 radical (unpaired) electrons. The van der Waals surface area contributed by atoms with E-state index in [9.17, 15) is 0 Å². The van der Waals surface area contributed by atoms with E-state index in [1.165, 1.54) is 5.56 Å². The molecule has 136 valence electrons. The van der Waals surface area contributed by atoms with Crippen molar-refractivity contribution in [3.8, 4) is 5.75 Å². The van der Waals surface area contributed by atoms with Gasteiger partial charge in [-0.05, 0) is 24.1 Å². The van der Waals surface area contributed by atoms with Crippen LogP contribution in [-0.2, 0) is 6.42 Å². The summed E-state index contributed by atoms with van der Waals surface area (Å²) >= 11 is 0. The van der Waals surface area contributed by atoms with Crippen molar-refractivity contribution in [2.24, 2.45) is 5.92 Å². The maximum Gasteiger partial charge on any atom is 0.157 e. The maximum atomic E-state index is 5.26. The number of aryl methyl sites for hydroxylation is 1. The summed E-state index contributed by atoms with van der Waals surface area (Å²) in [7, 11) is 1.69. The van der Waals surface area contributed by atoms with E-state index in [4.69, 9.17) is 4.74 Å². The first kappa shape index (κ1) is 16.8. The Balaban J connectivity index is 1.50. The van der Waals surface area contributed by atoms with Crippen LogP contribution in [0.3, 0.4) is 0 Å².